The van der Waals surface area contributed by atoms with E-state index < -0.39 is 0 Å². The number of carbonyl (C=O) groups is 1. The van der Waals surface area contributed by atoms with Gasteiger partial charge < -0.3 is 4.74 Å². The lowest BCUT2D eigenvalue weighted by Crippen LogP contribution is -2.41. The van der Waals surface area contributed by atoms with Gasteiger partial charge in [0.2, 0.25) is 0 Å². The Kier molecular flexibility index (Phi) is 2.09. The van der Waals surface area contributed by atoms with Crippen LogP contribution in [-0.4, -0.2) is 11.6 Å². The fraction of sp³-hybridized carbons (Fsp3) is 0.909. The highest BCUT2D eigenvalue weighted by molar-refractivity contribution is 5.72. The average Bonchev–Trinajstić information content (AvgIpc) is 2.61. The topological polar surface area (TPSA) is 26.3 Å². The van der Waals surface area contributed by atoms with Gasteiger partial charge in [-0.3, -0.25) is 4.79 Å². The predicted octanol–water partition coefficient (Wildman–Crippen LogP) is 2.52. The molecule has 0 aromatic heterocycles. The maximum absolute atomic E-state index is 11.5. The summed E-state index contributed by atoms with van der Waals surface area (Å²) in [5.41, 5.74) is -0.00875. The van der Waals surface area contributed by atoms with E-state index in [2.05, 4.69) is 0 Å². The fourth-order valence-electron chi connectivity index (χ4n) is 2.48. The molecular weight excluding hydrogens is 164 g/mol. The van der Waals surface area contributed by atoms with Gasteiger partial charge in [0.1, 0.15) is 5.60 Å². The molecule has 2 bridgehead atoms. The first-order chi connectivity index (χ1) is 6.15. The van der Waals surface area contributed by atoms with E-state index >= 15 is 0 Å². The van der Waals surface area contributed by atoms with E-state index in [1.807, 2.05) is 13.8 Å². The first kappa shape index (κ1) is 9.04. The summed E-state index contributed by atoms with van der Waals surface area (Å²) < 4.78 is 5.58. The first-order valence-electron chi connectivity index (χ1n) is 5.38. The molecule has 0 N–H and O–H groups in total. The zero-order chi connectivity index (χ0) is 9.47. The van der Waals surface area contributed by atoms with Crippen molar-refractivity contribution in [3.05, 3.63) is 0 Å². The third-order valence-electron chi connectivity index (χ3n) is 3.66. The molecule has 0 amide bonds. The zero-order valence-electron chi connectivity index (χ0n) is 8.51. The van der Waals surface area contributed by atoms with Crippen LogP contribution in [0.4, 0.5) is 0 Å². The minimum absolute atomic E-state index is 0.00875. The standard InChI is InChI=1S/C11H18O2/c1-3-8(2)10(12)13-11-5-4-9(6-11)7-11/h8-9H,3-7H2,1-2H3. The summed E-state index contributed by atoms with van der Waals surface area (Å²) in [6, 6.07) is 0. The Labute approximate surface area is 79.7 Å². The SMILES string of the molecule is CCC(C)C(=O)OC12CCC(C1)C2. The van der Waals surface area contributed by atoms with Gasteiger partial charge in [-0.1, -0.05) is 13.8 Å². The fourth-order valence-corrected chi connectivity index (χ4v) is 2.48. The van der Waals surface area contributed by atoms with Gasteiger partial charge in [0, 0.05) is 0 Å². The number of hydrogen-bond donors (Lipinski definition) is 0. The molecule has 0 spiro atoms. The van der Waals surface area contributed by atoms with Gasteiger partial charge in [-0.25, -0.2) is 0 Å². The van der Waals surface area contributed by atoms with Gasteiger partial charge in [0.15, 0.2) is 0 Å². The molecule has 0 radical (unpaired) electrons. The number of esters is 1. The molecule has 3 aliphatic carbocycles. The molecule has 74 valence electrons. The summed E-state index contributed by atoms with van der Waals surface area (Å²) in [6.07, 6.45) is 5.54. The van der Waals surface area contributed by atoms with Crippen LogP contribution in [0, 0.1) is 11.8 Å². The molecule has 1 unspecified atom stereocenters. The van der Waals surface area contributed by atoms with Crippen LogP contribution in [-0.2, 0) is 9.53 Å². The third-order valence-corrected chi connectivity index (χ3v) is 3.66. The Hall–Kier alpha value is -0.530. The molecule has 3 fully saturated rings. The predicted molar refractivity (Wildman–Crippen MR) is 50.2 cm³/mol. The van der Waals surface area contributed by atoms with Crippen LogP contribution in [0.15, 0.2) is 0 Å². The Morgan fingerprint density at radius 2 is 2.31 bits per heavy atom. The molecule has 3 saturated carbocycles. The van der Waals surface area contributed by atoms with Gasteiger partial charge in [-0.05, 0) is 38.0 Å². The number of hydrogen-bond acceptors (Lipinski definition) is 2. The molecule has 0 heterocycles. The second-order valence-electron chi connectivity index (χ2n) is 4.73. The Morgan fingerprint density at radius 3 is 2.77 bits per heavy atom. The number of rotatable bonds is 3. The van der Waals surface area contributed by atoms with Crippen molar-refractivity contribution in [3.8, 4) is 0 Å². The quantitative estimate of drug-likeness (QED) is 0.627. The smallest absolute Gasteiger partial charge is 0.309 e. The lowest BCUT2D eigenvalue weighted by atomic mass is 9.80. The molecule has 0 aromatic rings. The summed E-state index contributed by atoms with van der Waals surface area (Å²) in [5, 5.41) is 0. The van der Waals surface area contributed by atoms with E-state index in [0.717, 1.165) is 31.6 Å². The summed E-state index contributed by atoms with van der Waals surface area (Å²) in [5.74, 6) is 0.960. The van der Waals surface area contributed by atoms with Crippen molar-refractivity contribution in [3.63, 3.8) is 0 Å². The lowest BCUT2D eigenvalue weighted by molar-refractivity contribution is -0.171. The van der Waals surface area contributed by atoms with Crippen molar-refractivity contribution < 1.29 is 9.53 Å². The van der Waals surface area contributed by atoms with E-state index in [0.29, 0.717) is 0 Å². The lowest BCUT2D eigenvalue weighted by Gasteiger charge is -2.38. The minimum atomic E-state index is -0.00875. The molecule has 2 heteroatoms. The highest BCUT2D eigenvalue weighted by Gasteiger charge is 2.53. The van der Waals surface area contributed by atoms with Crippen molar-refractivity contribution in [2.24, 2.45) is 11.8 Å². The van der Waals surface area contributed by atoms with Gasteiger partial charge in [0.05, 0.1) is 5.92 Å². The van der Waals surface area contributed by atoms with Crippen LogP contribution >= 0.6 is 0 Å². The monoisotopic (exact) mass is 182 g/mol. The van der Waals surface area contributed by atoms with Crippen LogP contribution in [0.3, 0.4) is 0 Å². The Morgan fingerprint density at radius 1 is 1.62 bits per heavy atom. The molecule has 3 rings (SSSR count). The molecule has 1 atom stereocenters. The van der Waals surface area contributed by atoms with Crippen molar-refractivity contribution in [2.45, 2.75) is 51.6 Å². The highest BCUT2D eigenvalue weighted by atomic mass is 16.6. The largest absolute Gasteiger partial charge is 0.459 e. The summed E-state index contributed by atoms with van der Waals surface area (Å²) in [6.45, 7) is 3.98. The van der Waals surface area contributed by atoms with E-state index in [-0.39, 0.29) is 17.5 Å². The molecule has 0 saturated heterocycles. The second kappa shape index (κ2) is 3.00. The van der Waals surface area contributed by atoms with Crippen molar-refractivity contribution in [1.29, 1.82) is 0 Å². The molecule has 0 aromatic carbocycles. The van der Waals surface area contributed by atoms with E-state index in [9.17, 15) is 4.79 Å². The molecule has 13 heavy (non-hydrogen) atoms. The second-order valence-corrected chi connectivity index (χ2v) is 4.73. The minimum Gasteiger partial charge on any atom is -0.459 e. The molecular formula is C11H18O2. The van der Waals surface area contributed by atoms with E-state index in [1.54, 1.807) is 0 Å². The van der Waals surface area contributed by atoms with Gasteiger partial charge in [-0.2, -0.15) is 0 Å². The van der Waals surface area contributed by atoms with Gasteiger partial charge in [0.25, 0.3) is 0 Å². The average molecular weight is 182 g/mol. The van der Waals surface area contributed by atoms with Gasteiger partial charge >= 0.3 is 5.97 Å². The number of fused-ring (bicyclic) bond motifs is 1. The van der Waals surface area contributed by atoms with Gasteiger partial charge in [-0.15, -0.1) is 0 Å². The Balaban J connectivity index is 1.87. The van der Waals surface area contributed by atoms with Crippen molar-refractivity contribution >= 4 is 5.97 Å². The summed E-state index contributed by atoms with van der Waals surface area (Å²) >= 11 is 0. The molecule has 0 aliphatic heterocycles. The van der Waals surface area contributed by atoms with E-state index in [4.69, 9.17) is 4.74 Å². The highest BCUT2D eigenvalue weighted by Crippen LogP contribution is 2.54. The normalized spacial score (nSPS) is 38.2. The number of carbonyl (C=O) groups excluding carboxylic acids is 1. The summed E-state index contributed by atoms with van der Waals surface area (Å²) in [7, 11) is 0. The van der Waals surface area contributed by atoms with Crippen molar-refractivity contribution in [1.82, 2.24) is 0 Å². The maximum Gasteiger partial charge on any atom is 0.309 e. The first-order valence-corrected chi connectivity index (χ1v) is 5.38. The molecule has 2 nitrogen and oxygen atoms in total. The third kappa shape index (κ3) is 1.47. The van der Waals surface area contributed by atoms with Crippen LogP contribution < -0.4 is 0 Å². The maximum atomic E-state index is 11.5. The Bertz CT molecular complexity index is 211. The van der Waals surface area contributed by atoms with Crippen LogP contribution in [0.1, 0.15) is 46.0 Å². The number of ether oxygens (including phenoxy) is 1. The molecule has 3 aliphatic rings. The van der Waals surface area contributed by atoms with Crippen LogP contribution in [0.2, 0.25) is 0 Å². The van der Waals surface area contributed by atoms with E-state index in [1.165, 1.54) is 6.42 Å². The van der Waals surface area contributed by atoms with Crippen molar-refractivity contribution in [2.75, 3.05) is 0 Å². The van der Waals surface area contributed by atoms with Crippen LogP contribution in [0.5, 0.6) is 0 Å². The van der Waals surface area contributed by atoms with Crippen LogP contribution in [0.25, 0.3) is 0 Å². The summed E-state index contributed by atoms with van der Waals surface area (Å²) in [4.78, 5) is 11.5. The zero-order valence-corrected chi connectivity index (χ0v) is 8.51.